The Morgan fingerprint density at radius 3 is 2.20 bits per heavy atom. The molecular formula is C21H27FN2O5S. The highest BCUT2D eigenvalue weighted by molar-refractivity contribution is 7.92. The number of nitrogens with one attached hydrogen (secondary N) is 1. The first-order chi connectivity index (χ1) is 14.1. The molecule has 2 rings (SSSR count). The van der Waals surface area contributed by atoms with Gasteiger partial charge < -0.3 is 14.8 Å². The van der Waals surface area contributed by atoms with Gasteiger partial charge in [-0.2, -0.15) is 0 Å². The van der Waals surface area contributed by atoms with Crippen LogP contribution in [-0.4, -0.2) is 40.8 Å². The Bertz CT molecular complexity index is 979. The zero-order valence-electron chi connectivity index (χ0n) is 17.7. The predicted molar refractivity (Wildman–Crippen MR) is 114 cm³/mol. The van der Waals surface area contributed by atoms with E-state index >= 15 is 0 Å². The number of carbonyl (C=O) groups excluding carboxylic acids is 1. The third-order valence-corrected chi connectivity index (χ3v) is 5.95. The Morgan fingerprint density at radius 2 is 1.70 bits per heavy atom. The van der Waals surface area contributed by atoms with E-state index in [0.29, 0.717) is 17.9 Å². The summed E-state index contributed by atoms with van der Waals surface area (Å²) in [7, 11) is -0.729. The Balaban J connectivity index is 2.29. The molecule has 0 heterocycles. The molecule has 0 bridgehead atoms. The number of nitrogens with zero attached hydrogens (tertiary/aromatic N) is 1. The highest BCUT2D eigenvalue weighted by Crippen LogP contribution is 2.31. The van der Waals surface area contributed by atoms with Crippen LogP contribution in [0.5, 0.6) is 11.5 Å². The topological polar surface area (TPSA) is 84.9 Å². The second-order valence-electron chi connectivity index (χ2n) is 6.80. The average molecular weight is 439 g/mol. The van der Waals surface area contributed by atoms with E-state index in [1.165, 1.54) is 33.3 Å². The van der Waals surface area contributed by atoms with E-state index in [1.807, 2.05) is 13.0 Å². The standard InChI is InChI=1S/C21H27FN2O5S/c1-6-18(15-7-12-19(28-3)20(13-15)29-4)23-21(25)14(2)24(30(5,26)27)17-10-8-16(22)9-11-17/h7-14,18H,6H2,1-5H3,(H,23,25)/t14-,18-/m0/s1. The van der Waals surface area contributed by atoms with Gasteiger partial charge in [0.1, 0.15) is 11.9 Å². The quantitative estimate of drug-likeness (QED) is 0.650. The van der Waals surface area contributed by atoms with Crippen molar-refractivity contribution < 1.29 is 27.1 Å². The van der Waals surface area contributed by atoms with Gasteiger partial charge in [0.05, 0.1) is 32.2 Å². The molecule has 30 heavy (non-hydrogen) atoms. The molecule has 1 amide bonds. The molecule has 7 nitrogen and oxygen atoms in total. The van der Waals surface area contributed by atoms with E-state index < -0.39 is 27.8 Å². The van der Waals surface area contributed by atoms with Crippen LogP contribution in [0.15, 0.2) is 42.5 Å². The smallest absolute Gasteiger partial charge is 0.244 e. The molecule has 0 aromatic heterocycles. The number of hydrogen-bond acceptors (Lipinski definition) is 5. The molecular weight excluding hydrogens is 411 g/mol. The minimum Gasteiger partial charge on any atom is -0.493 e. The SMILES string of the molecule is CC[C@H](NC(=O)[C@H](C)N(c1ccc(F)cc1)S(C)(=O)=O)c1ccc(OC)c(OC)c1. The molecule has 0 unspecified atom stereocenters. The summed E-state index contributed by atoms with van der Waals surface area (Å²) in [6.07, 6.45) is 1.58. The number of sulfonamides is 1. The lowest BCUT2D eigenvalue weighted by Gasteiger charge is -2.30. The number of benzene rings is 2. The van der Waals surface area contributed by atoms with Crippen molar-refractivity contribution in [3.05, 3.63) is 53.8 Å². The van der Waals surface area contributed by atoms with Crippen LogP contribution in [0.25, 0.3) is 0 Å². The van der Waals surface area contributed by atoms with Crippen LogP contribution in [0, 0.1) is 5.82 Å². The molecule has 1 N–H and O–H groups in total. The lowest BCUT2D eigenvalue weighted by Crippen LogP contribution is -2.48. The zero-order chi connectivity index (χ0) is 22.5. The Kier molecular flexibility index (Phi) is 7.66. The molecule has 2 aromatic rings. The fourth-order valence-electron chi connectivity index (χ4n) is 3.18. The summed E-state index contributed by atoms with van der Waals surface area (Å²) in [5.74, 6) is 0.116. The second-order valence-corrected chi connectivity index (χ2v) is 8.65. The van der Waals surface area contributed by atoms with Gasteiger partial charge in [-0.05, 0) is 55.3 Å². The molecule has 2 aromatic carbocycles. The molecule has 0 aliphatic heterocycles. The minimum atomic E-state index is -3.79. The van der Waals surface area contributed by atoms with Gasteiger partial charge in [-0.3, -0.25) is 9.10 Å². The molecule has 9 heteroatoms. The Morgan fingerprint density at radius 1 is 1.10 bits per heavy atom. The van der Waals surface area contributed by atoms with Crippen LogP contribution < -0.4 is 19.1 Å². The number of hydrogen-bond donors (Lipinski definition) is 1. The monoisotopic (exact) mass is 438 g/mol. The van der Waals surface area contributed by atoms with Crippen LogP contribution in [-0.2, 0) is 14.8 Å². The third kappa shape index (κ3) is 5.41. The fourth-order valence-corrected chi connectivity index (χ4v) is 4.35. The first kappa shape index (κ1) is 23.5. The van der Waals surface area contributed by atoms with Crippen LogP contribution in [0.1, 0.15) is 31.9 Å². The van der Waals surface area contributed by atoms with Gasteiger partial charge in [-0.15, -0.1) is 0 Å². The van der Waals surface area contributed by atoms with E-state index in [2.05, 4.69) is 5.32 Å². The van der Waals surface area contributed by atoms with Gasteiger partial charge in [0, 0.05) is 0 Å². The molecule has 2 atom stereocenters. The number of methoxy groups -OCH3 is 2. The Hall–Kier alpha value is -2.81. The number of rotatable bonds is 9. The summed E-state index contributed by atoms with van der Waals surface area (Å²) in [5.41, 5.74) is 1.00. The van der Waals surface area contributed by atoms with Gasteiger partial charge in [0.15, 0.2) is 11.5 Å². The molecule has 0 aliphatic carbocycles. The lowest BCUT2D eigenvalue weighted by molar-refractivity contribution is -0.122. The molecule has 0 saturated carbocycles. The van der Waals surface area contributed by atoms with Crippen molar-refractivity contribution in [2.45, 2.75) is 32.4 Å². The molecule has 0 fully saturated rings. The highest BCUT2D eigenvalue weighted by Gasteiger charge is 2.30. The van der Waals surface area contributed by atoms with Crippen molar-refractivity contribution in [3.63, 3.8) is 0 Å². The van der Waals surface area contributed by atoms with E-state index in [-0.39, 0.29) is 11.7 Å². The van der Waals surface area contributed by atoms with Crippen molar-refractivity contribution in [2.24, 2.45) is 0 Å². The predicted octanol–water partition coefficient (Wildman–Crippen LogP) is 3.26. The van der Waals surface area contributed by atoms with E-state index in [9.17, 15) is 17.6 Å². The van der Waals surface area contributed by atoms with Crippen molar-refractivity contribution in [1.82, 2.24) is 5.32 Å². The van der Waals surface area contributed by atoms with E-state index in [4.69, 9.17) is 9.47 Å². The number of amides is 1. The van der Waals surface area contributed by atoms with Crippen LogP contribution in [0.2, 0.25) is 0 Å². The summed E-state index contributed by atoms with van der Waals surface area (Å²) in [6.45, 7) is 3.39. The highest BCUT2D eigenvalue weighted by atomic mass is 32.2. The zero-order valence-corrected chi connectivity index (χ0v) is 18.5. The molecule has 0 radical (unpaired) electrons. The summed E-state index contributed by atoms with van der Waals surface area (Å²) < 4.78 is 49.5. The maximum atomic E-state index is 13.3. The largest absolute Gasteiger partial charge is 0.493 e. The van der Waals surface area contributed by atoms with E-state index in [0.717, 1.165) is 28.3 Å². The van der Waals surface area contributed by atoms with Crippen LogP contribution >= 0.6 is 0 Å². The Labute approximate surface area is 176 Å². The molecule has 0 aliphatic rings. The summed E-state index contributed by atoms with van der Waals surface area (Å²) in [6, 6.07) is 8.87. The van der Waals surface area contributed by atoms with Crippen molar-refractivity contribution in [3.8, 4) is 11.5 Å². The number of anilines is 1. The summed E-state index contributed by atoms with van der Waals surface area (Å²) in [4.78, 5) is 12.9. The first-order valence-electron chi connectivity index (χ1n) is 9.39. The van der Waals surface area contributed by atoms with Gasteiger partial charge >= 0.3 is 0 Å². The fraction of sp³-hybridized carbons (Fsp3) is 0.381. The van der Waals surface area contributed by atoms with E-state index in [1.54, 1.807) is 12.1 Å². The van der Waals surface area contributed by atoms with Gasteiger partial charge in [0.25, 0.3) is 0 Å². The average Bonchev–Trinajstić information content (AvgIpc) is 2.71. The molecule has 164 valence electrons. The number of halogens is 1. The van der Waals surface area contributed by atoms with Gasteiger partial charge in [-0.1, -0.05) is 13.0 Å². The second kappa shape index (κ2) is 9.80. The van der Waals surface area contributed by atoms with Crippen LogP contribution in [0.3, 0.4) is 0 Å². The van der Waals surface area contributed by atoms with Crippen LogP contribution in [0.4, 0.5) is 10.1 Å². The maximum absolute atomic E-state index is 13.3. The lowest BCUT2D eigenvalue weighted by atomic mass is 10.0. The molecule has 0 saturated heterocycles. The summed E-state index contributed by atoms with van der Waals surface area (Å²) >= 11 is 0. The third-order valence-electron chi connectivity index (χ3n) is 4.70. The van der Waals surface area contributed by atoms with Crippen molar-refractivity contribution in [2.75, 3.05) is 24.8 Å². The molecule has 0 spiro atoms. The first-order valence-corrected chi connectivity index (χ1v) is 11.2. The maximum Gasteiger partial charge on any atom is 0.244 e. The van der Waals surface area contributed by atoms with Gasteiger partial charge in [-0.25, -0.2) is 12.8 Å². The normalized spacial score (nSPS) is 13.3. The van der Waals surface area contributed by atoms with Crippen molar-refractivity contribution in [1.29, 1.82) is 0 Å². The van der Waals surface area contributed by atoms with Crippen molar-refractivity contribution >= 4 is 21.6 Å². The number of ether oxygens (including phenoxy) is 2. The summed E-state index contributed by atoms with van der Waals surface area (Å²) in [5, 5.41) is 2.89. The van der Waals surface area contributed by atoms with Gasteiger partial charge in [0.2, 0.25) is 15.9 Å². The minimum absolute atomic E-state index is 0.209. The number of carbonyl (C=O) groups is 1.